The molecule has 0 bridgehead atoms. The van der Waals surface area contributed by atoms with Gasteiger partial charge in [-0.2, -0.15) is 0 Å². The molecule has 2 unspecified atom stereocenters. The summed E-state index contributed by atoms with van der Waals surface area (Å²) in [5, 5.41) is 3.45. The lowest BCUT2D eigenvalue weighted by atomic mass is 9.92. The van der Waals surface area contributed by atoms with E-state index in [1.807, 2.05) is 0 Å². The normalized spacial score (nSPS) is 30.4. The Morgan fingerprint density at radius 3 is 2.94 bits per heavy atom. The van der Waals surface area contributed by atoms with E-state index in [0.717, 1.165) is 38.5 Å². The highest BCUT2D eigenvalue weighted by atomic mass is 32.2. The fourth-order valence-electron chi connectivity index (χ4n) is 3.07. The molecule has 0 radical (unpaired) electrons. The minimum absolute atomic E-state index is 0.278. The molecule has 0 amide bonds. The summed E-state index contributed by atoms with van der Waals surface area (Å²) in [5.41, 5.74) is 0. The van der Waals surface area contributed by atoms with Gasteiger partial charge in [-0.05, 0) is 44.8 Å². The van der Waals surface area contributed by atoms with Crippen LogP contribution in [0, 0.1) is 5.92 Å². The predicted octanol–water partition coefficient (Wildman–Crippen LogP) is 0.495. The Hall–Kier alpha value is -0.130. The summed E-state index contributed by atoms with van der Waals surface area (Å²) in [6.45, 7) is 6.06. The fraction of sp³-hybridized carbons (Fsp3) is 1.00. The summed E-state index contributed by atoms with van der Waals surface area (Å²) >= 11 is 0. The van der Waals surface area contributed by atoms with Crippen molar-refractivity contribution in [2.45, 2.75) is 32.2 Å². The van der Waals surface area contributed by atoms with E-state index in [-0.39, 0.29) is 5.75 Å². The summed E-state index contributed by atoms with van der Waals surface area (Å²) in [4.78, 5) is 2.50. The number of sulfone groups is 1. The molecule has 0 aromatic rings. The van der Waals surface area contributed by atoms with Gasteiger partial charge in [0.15, 0.2) is 0 Å². The van der Waals surface area contributed by atoms with E-state index < -0.39 is 9.84 Å². The molecule has 0 aromatic heterocycles. The van der Waals surface area contributed by atoms with Crippen molar-refractivity contribution in [2.24, 2.45) is 5.92 Å². The number of fused-ring (bicyclic) bond motifs is 1. The highest BCUT2D eigenvalue weighted by Gasteiger charge is 2.34. The van der Waals surface area contributed by atoms with E-state index >= 15 is 0 Å². The predicted molar refractivity (Wildman–Crippen MR) is 69.9 cm³/mol. The van der Waals surface area contributed by atoms with E-state index in [2.05, 4.69) is 10.2 Å². The van der Waals surface area contributed by atoms with Crippen molar-refractivity contribution >= 4 is 9.84 Å². The molecule has 5 heteroatoms. The molecule has 2 aliphatic heterocycles. The molecule has 0 saturated carbocycles. The quantitative estimate of drug-likeness (QED) is 0.782. The zero-order valence-electron chi connectivity index (χ0n) is 10.7. The smallest absolute Gasteiger partial charge is 0.150 e. The first-order valence-corrected chi connectivity index (χ1v) is 8.59. The van der Waals surface area contributed by atoms with Crippen LogP contribution in [-0.2, 0) is 9.84 Å². The van der Waals surface area contributed by atoms with Crippen LogP contribution < -0.4 is 5.32 Å². The van der Waals surface area contributed by atoms with Crippen molar-refractivity contribution < 1.29 is 8.42 Å². The van der Waals surface area contributed by atoms with Crippen LogP contribution in [0.1, 0.15) is 26.2 Å². The van der Waals surface area contributed by atoms with Gasteiger partial charge < -0.3 is 5.32 Å². The molecule has 17 heavy (non-hydrogen) atoms. The summed E-state index contributed by atoms with van der Waals surface area (Å²) in [6.07, 6.45) is 3.39. The lowest BCUT2D eigenvalue weighted by Gasteiger charge is -2.37. The third-order valence-corrected chi connectivity index (χ3v) is 5.92. The van der Waals surface area contributed by atoms with Crippen LogP contribution >= 0.6 is 0 Å². The maximum absolute atomic E-state index is 11.4. The molecule has 2 fully saturated rings. The molecule has 0 aliphatic carbocycles. The first kappa shape index (κ1) is 13.3. The average molecular weight is 260 g/mol. The summed E-state index contributed by atoms with van der Waals surface area (Å²) in [5.74, 6) is 1.43. The van der Waals surface area contributed by atoms with Crippen molar-refractivity contribution in [3.8, 4) is 0 Å². The van der Waals surface area contributed by atoms with Gasteiger partial charge in [0.1, 0.15) is 9.84 Å². The van der Waals surface area contributed by atoms with Gasteiger partial charge in [-0.25, -0.2) is 8.42 Å². The molecule has 2 aliphatic rings. The van der Waals surface area contributed by atoms with Gasteiger partial charge in [-0.1, -0.05) is 6.92 Å². The van der Waals surface area contributed by atoms with Crippen LogP contribution in [0.15, 0.2) is 0 Å². The first-order chi connectivity index (χ1) is 8.12. The van der Waals surface area contributed by atoms with Crippen molar-refractivity contribution in [1.29, 1.82) is 0 Å². The van der Waals surface area contributed by atoms with Gasteiger partial charge >= 0.3 is 0 Å². The number of hydrogen-bond acceptors (Lipinski definition) is 4. The van der Waals surface area contributed by atoms with Crippen molar-refractivity contribution in [2.75, 3.05) is 37.7 Å². The monoisotopic (exact) mass is 260 g/mol. The van der Waals surface area contributed by atoms with Crippen molar-refractivity contribution in [1.82, 2.24) is 10.2 Å². The number of nitrogens with one attached hydrogen (secondary N) is 1. The third kappa shape index (κ3) is 3.42. The summed E-state index contributed by atoms with van der Waals surface area (Å²) in [6, 6.07) is 0.660. The van der Waals surface area contributed by atoms with E-state index in [4.69, 9.17) is 0 Å². The molecule has 0 spiro atoms. The highest BCUT2D eigenvalue weighted by Crippen LogP contribution is 2.26. The van der Waals surface area contributed by atoms with Gasteiger partial charge in [0.2, 0.25) is 0 Å². The van der Waals surface area contributed by atoms with E-state index in [1.54, 1.807) is 6.92 Å². The standard InChI is InChI=1S/C12H24N2O2S/c1-2-17(15,16)8-4-7-14-6-3-5-11-9-13-10-12(11)14/h11-13H,2-10H2,1H3. The minimum Gasteiger partial charge on any atom is -0.315 e. The Balaban J connectivity index is 1.78. The topological polar surface area (TPSA) is 49.4 Å². The second kappa shape index (κ2) is 5.67. The van der Waals surface area contributed by atoms with Crippen LogP contribution in [0.25, 0.3) is 0 Å². The number of likely N-dealkylation sites (tertiary alicyclic amines) is 1. The van der Waals surface area contributed by atoms with Crippen molar-refractivity contribution in [3.05, 3.63) is 0 Å². The number of nitrogens with zero attached hydrogens (tertiary/aromatic N) is 1. The average Bonchev–Trinajstić information content (AvgIpc) is 2.78. The van der Waals surface area contributed by atoms with Crippen LogP contribution in [0.4, 0.5) is 0 Å². The maximum atomic E-state index is 11.4. The largest absolute Gasteiger partial charge is 0.315 e. The zero-order chi connectivity index (χ0) is 12.3. The first-order valence-electron chi connectivity index (χ1n) is 6.77. The van der Waals surface area contributed by atoms with Gasteiger partial charge in [0.25, 0.3) is 0 Å². The Morgan fingerprint density at radius 2 is 2.18 bits per heavy atom. The number of hydrogen-bond donors (Lipinski definition) is 1. The van der Waals surface area contributed by atoms with Crippen molar-refractivity contribution in [3.63, 3.8) is 0 Å². The Kier molecular flexibility index (Phi) is 4.44. The molecule has 2 atom stereocenters. The van der Waals surface area contributed by atoms with Gasteiger partial charge in [-0.3, -0.25) is 4.90 Å². The van der Waals surface area contributed by atoms with E-state index in [9.17, 15) is 8.42 Å². The molecule has 2 saturated heterocycles. The molecule has 1 N–H and O–H groups in total. The molecule has 2 heterocycles. The second-order valence-corrected chi connectivity index (χ2v) is 7.73. The Labute approximate surface area is 105 Å². The second-order valence-electron chi connectivity index (χ2n) is 5.25. The van der Waals surface area contributed by atoms with E-state index in [1.165, 1.54) is 12.8 Å². The SMILES string of the molecule is CCS(=O)(=O)CCCN1CCCC2CNCC21. The highest BCUT2D eigenvalue weighted by molar-refractivity contribution is 7.91. The van der Waals surface area contributed by atoms with Crippen LogP contribution in [0.2, 0.25) is 0 Å². The molecule has 2 rings (SSSR count). The summed E-state index contributed by atoms with van der Waals surface area (Å²) < 4.78 is 22.9. The molecule has 100 valence electrons. The van der Waals surface area contributed by atoms with Gasteiger partial charge in [-0.15, -0.1) is 0 Å². The summed E-state index contributed by atoms with van der Waals surface area (Å²) in [7, 11) is -2.78. The Bertz CT molecular complexity index is 342. The van der Waals surface area contributed by atoms with Crippen LogP contribution in [-0.4, -0.2) is 57.0 Å². The maximum Gasteiger partial charge on any atom is 0.150 e. The fourth-order valence-corrected chi connectivity index (χ4v) is 3.93. The van der Waals surface area contributed by atoms with Crippen LogP contribution in [0.3, 0.4) is 0 Å². The lowest BCUT2D eigenvalue weighted by Crippen LogP contribution is -2.45. The van der Waals surface area contributed by atoms with Gasteiger partial charge in [0, 0.05) is 18.3 Å². The molecule has 4 nitrogen and oxygen atoms in total. The zero-order valence-corrected chi connectivity index (χ0v) is 11.5. The molecular weight excluding hydrogens is 236 g/mol. The van der Waals surface area contributed by atoms with E-state index in [0.29, 0.717) is 11.8 Å². The Morgan fingerprint density at radius 1 is 1.35 bits per heavy atom. The molecular formula is C12H24N2O2S. The minimum atomic E-state index is -2.78. The number of piperidine rings is 1. The number of rotatable bonds is 5. The van der Waals surface area contributed by atoms with Gasteiger partial charge in [0.05, 0.1) is 5.75 Å². The molecule has 0 aromatic carbocycles. The lowest BCUT2D eigenvalue weighted by molar-refractivity contribution is 0.125. The third-order valence-electron chi connectivity index (χ3n) is 4.13. The van der Waals surface area contributed by atoms with Crippen LogP contribution in [0.5, 0.6) is 0 Å².